The third kappa shape index (κ3) is 4.44. The van der Waals surface area contributed by atoms with E-state index in [9.17, 15) is 19.5 Å². The molecule has 0 aliphatic rings. The lowest BCUT2D eigenvalue weighted by Gasteiger charge is -2.34. The van der Waals surface area contributed by atoms with Crippen LogP contribution in [0.3, 0.4) is 0 Å². The van der Waals surface area contributed by atoms with Crippen molar-refractivity contribution in [1.82, 2.24) is 0 Å². The highest BCUT2D eigenvalue weighted by molar-refractivity contribution is 6.18. The predicted molar refractivity (Wildman–Crippen MR) is 105 cm³/mol. The number of primary amides is 1. The van der Waals surface area contributed by atoms with Gasteiger partial charge in [0.05, 0.1) is 18.5 Å². The molecule has 2 aromatic rings. The van der Waals surface area contributed by atoms with Gasteiger partial charge in [-0.3, -0.25) is 14.4 Å². The van der Waals surface area contributed by atoms with Crippen LogP contribution < -0.4 is 17.2 Å². The molecule has 1 amide bonds. The molecule has 0 bridgehead atoms. The lowest BCUT2D eigenvalue weighted by Crippen LogP contribution is -2.57. The van der Waals surface area contributed by atoms with Crippen molar-refractivity contribution in [3.63, 3.8) is 0 Å². The van der Waals surface area contributed by atoms with Gasteiger partial charge in [0.2, 0.25) is 5.91 Å². The molecule has 0 heterocycles. The summed E-state index contributed by atoms with van der Waals surface area (Å²) in [6.45, 7) is 1.46. The fraction of sp³-hybridized carbons (Fsp3) is 0.286. The average molecular weight is 383 g/mol. The molecular weight excluding hydrogens is 358 g/mol. The molecule has 0 radical (unpaired) electrons. The number of phenolic OH excluding ortho intramolecular Hbond substituents is 1. The lowest BCUT2D eigenvalue weighted by molar-refractivity contribution is -0.140. The molecule has 0 spiro atoms. The fourth-order valence-corrected chi connectivity index (χ4v) is 3.35. The third-order valence-electron chi connectivity index (χ3n) is 4.69. The Morgan fingerprint density at radius 2 is 1.54 bits per heavy atom. The molecule has 0 saturated carbocycles. The maximum atomic E-state index is 13.5. The van der Waals surface area contributed by atoms with Crippen LogP contribution in [0.5, 0.6) is 5.75 Å². The normalized spacial score (nSPS) is 15.2. The largest absolute Gasteiger partial charge is 0.508 e. The number of aromatic hydroxyl groups is 1. The van der Waals surface area contributed by atoms with Crippen molar-refractivity contribution in [1.29, 1.82) is 0 Å². The second-order valence-electron chi connectivity index (χ2n) is 6.91. The second kappa shape index (κ2) is 8.77. The summed E-state index contributed by atoms with van der Waals surface area (Å²) >= 11 is 0. The summed E-state index contributed by atoms with van der Waals surface area (Å²) in [5, 5.41) is 9.40. The highest BCUT2D eigenvalue weighted by Crippen LogP contribution is 2.33. The number of phenols is 1. The van der Waals surface area contributed by atoms with Gasteiger partial charge in [0.1, 0.15) is 11.2 Å². The average Bonchev–Trinajstić information content (AvgIpc) is 2.67. The summed E-state index contributed by atoms with van der Waals surface area (Å²) in [5.74, 6) is -1.94. The molecule has 2 rings (SSSR count). The quantitative estimate of drug-likeness (QED) is 0.465. The summed E-state index contributed by atoms with van der Waals surface area (Å²) in [7, 11) is 0. The molecule has 28 heavy (non-hydrogen) atoms. The molecule has 0 saturated heterocycles. The van der Waals surface area contributed by atoms with Crippen molar-refractivity contribution in [3.8, 4) is 5.75 Å². The number of rotatable bonds is 9. The van der Waals surface area contributed by atoms with E-state index in [2.05, 4.69) is 0 Å². The van der Waals surface area contributed by atoms with Gasteiger partial charge < -0.3 is 22.3 Å². The zero-order valence-electron chi connectivity index (χ0n) is 15.7. The highest BCUT2D eigenvalue weighted by Gasteiger charge is 2.50. The van der Waals surface area contributed by atoms with Crippen molar-refractivity contribution >= 4 is 17.5 Å². The maximum absolute atomic E-state index is 13.5. The lowest BCUT2D eigenvalue weighted by atomic mass is 9.66. The Labute approximate surface area is 163 Å². The molecule has 2 aromatic carbocycles. The first-order valence-corrected chi connectivity index (χ1v) is 8.90. The van der Waals surface area contributed by atoms with Gasteiger partial charge in [0.25, 0.3) is 0 Å². The summed E-state index contributed by atoms with van der Waals surface area (Å²) < 4.78 is 0. The molecule has 0 aliphatic carbocycles. The minimum atomic E-state index is -1.85. The van der Waals surface area contributed by atoms with Gasteiger partial charge in [0, 0.05) is 0 Å². The van der Waals surface area contributed by atoms with Crippen LogP contribution in [-0.4, -0.2) is 34.7 Å². The van der Waals surface area contributed by atoms with E-state index in [1.807, 2.05) is 0 Å². The monoisotopic (exact) mass is 383 g/mol. The fourth-order valence-electron chi connectivity index (χ4n) is 3.35. The number of Topliss-reactive ketones (excluding diaryl/α,β-unsaturated/α-hetero) is 2. The van der Waals surface area contributed by atoms with Gasteiger partial charge >= 0.3 is 0 Å². The molecule has 3 atom stereocenters. The third-order valence-corrected chi connectivity index (χ3v) is 4.69. The van der Waals surface area contributed by atoms with E-state index in [0.29, 0.717) is 11.1 Å². The molecule has 0 aromatic heterocycles. The van der Waals surface area contributed by atoms with Crippen molar-refractivity contribution in [2.75, 3.05) is 0 Å². The van der Waals surface area contributed by atoms with E-state index in [4.69, 9.17) is 17.2 Å². The SMILES string of the molecule is C[C@@H](N)C(=O)C(CC(N)=O)(C(=O)[C@H](N)Cc1ccc(O)cc1)c1ccccc1. The van der Waals surface area contributed by atoms with Crippen LogP contribution in [0.4, 0.5) is 0 Å². The van der Waals surface area contributed by atoms with Crippen LogP contribution in [-0.2, 0) is 26.2 Å². The van der Waals surface area contributed by atoms with Crippen LogP contribution in [0, 0.1) is 0 Å². The van der Waals surface area contributed by atoms with E-state index in [1.165, 1.54) is 19.1 Å². The molecular formula is C21H25N3O4. The van der Waals surface area contributed by atoms with Gasteiger partial charge in [-0.05, 0) is 36.6 Å². The van der Waals surface area contributed by atoms with Crippen LogP contribution in [0.2, 0.25) is 0 Å². The highest BCUT2D eigenvalue weighted by atomic mass is 16.3. The van der Waals surface area contributed by atoms with E-state index in [1.54, 1.807) is 42.5 Å². The number of hydrogen-bond donors (Lipinski definition) is 4. The van der Waals surface area contributed by atoms with Crippen molar-refractivity contribution in [2.24, 2.45) is 17.2 Å². The Morgan fingerprint density at radius 3 is 2.04 bits per heavy atom. The maximum Gasteiger partial charge on any atom is 0.219 e. The zero-order valence-corrected chi connectivity index (χ0v) is 15.7. The number of amides is 1. The Bertz CT molecular complexity index is 850. The molecule has 148 valence electrons. The summed E-state index contributed by atoms with van der Waals surface area (Å²) in [6.07, 6.45) is -0.391. The summed E-state index contributed by atoms with van der Waals surface area (Å²) in [6, 6.07) is 12.4. The number of ketones is 2. The minimum Gasteiger partial charge on any atom is -0.508 e. The van der Waals surface area contributed by atoms with Gasteiger partial charge in [-0.2, -0.15) is 0 Å². The van der Waals surface area contributed by atoms with E-state index in [0.717, 1.165) is 0 Å². The van der Waals surface area contributed by atoms with Crippen molar-refractivity contribution in [3.05, 3.63) is 65.7 Å². The number of benzene rings is 2. The molecule has 0 fully saturated rings. The first kappa shape index (κ1) is 21.3. The Kier molecular flexibility index (Phi) is 6.66. The van der Waals surface area contributed by atoms with Crippen LogP contribution in [0.15, 0.2) is 54.6 Å². The standard InChI is InChI=1S/C21H25N3O4/c1-13(22)19(27)21(12-18(24)26,15-5-3-2-4-6-15)20(28)17(23)11-14-7-9-16(25)10-8-14/h2-10,13,17,25H,11-12,22-23H2,1H3,(H2,24,26)/t13-,17-,21?/m1/s1. The Balaban J connectivity index is 2.52. The van der Waals surface area contributed by atoms with Gasteiger partial charge in [-0.1, -0.05) is 42.5 Å². The van der Waals surface area contributed by atoms with Gasteiger partial charge in [-0.25, -0.2) is 0 Å². The number of hydrogen-bond acceptors (Lipinski definition) is 6. The smallest absolute Gasteiger partial charge is 0.219 e. The molecule has 7 N–H and O–H groups in total. The first-order chi connectivity index (χ1) is 13.2. The summed E-state index contributed by atoms with van der Waals surface area (Å²) in [4.78, 5) is 38.4. The molecule has 7 heteroatoms. The number of carbonyl (C=O) groups is 3. The Hall–Kier alpha value is -3.03. The van der Waals surface area contributed by atoms with E-state index in [-0.39, 0.29) is 12.2 Å². The van der Waals surface area contributed by atoms with Gasteiger partial charge in [0.15, 0.2) is 11.6 Å². The van der Waals surface area contributed by atoms with Crippen molar-refractivity contribution < 1.29 is 19.5 Å². The molecule has 0 aliphatic heterocycles. The predicted octanol–water partition coefficient (Wildman–Crippen LogP) is 0.561. The first-order valence-electron chi connectivity index (χ1n) is 8.90. The minimum absolute atomic E-state index is 0.0862. The van der Waals surface area contributed by atoms with Crippen LogP contribution in [0.1, 0.15) is 24.5 Å². The topological polar surface area (TPSA) is 150 Å². The van der Waals surface area contributed by atoms with Crippen LogP contribution >= 0.6 is 0 Å². The number of nitrogens with two attached hydrogens (primary N) is 3. The summed E-state index contributed by atoms with van der Waals surface area (Å²) in [5.41, 5.74) is 16.6. The van der Waals surface area contributed by atoms with Crippen LogP contribution in [0.25, 0.3) is 0 Å². The van der Waals surface area contributed by atoms with Crippen molar-refractivity contribution in [2.45, 2.75) is 37.3 Å². The second-order valence-corrected chi connectivity index (χ2v) is 6.91. The molecule has 1 unspecified atom stereocenters. The Morgan fingerprint density at radius 1 is 0.964 bits per heavy atom. The zero-order chi connectivity index (χ0) is 20.9. The van der Waals surface area contributed by atoms with E-state index >= 15 is 0 Å². The van der Waals surface area contributed by atoms with Gasteiger partial charge in [-0.15, -0.1) is 0 Å². The van der Waals surface area contributed by atoms with E-state index < -0.39 is 41.4 Å². The molecule has 7 nitrogen and oxygen atoms in total. The number of carbonyl (C=O) groups excluding carboxylic acids is 3.